The first kappa shape index (κ1) is 16.9. The van der Waals surface area contributed by atoms with E-state index in [1.807, 2.05) is 4.90 Å². The van der Waals surface area contributed by atoms with E-state index in [9.17, 15) is 9.59 Å². The highest BCUT2D eigenvalue weighted by Gasteiger charge is 2.27. The third-order valence-corrected chi connectivity index (χ3v) is 4.85. The SMILES string of the molecule is NC(C(=O)Nc1cccc(C(=O)N2CCCC2)c1)C1CCOCC1. The van der Waals surface area contributed by atoms with Crippen LogP contribution in [-0.2, 0) is 9.53 Å². The number of carbonyl (C=O) groups excluding carboxylic acids is 2. The summed E-state index contributed by atoms with van der Waals surface area (Å²) in [6.07, 6.45) is 3.73. The van der Waals surface area contributed by atoms with E-state index < -0.39 is 6.04 Å². The molecule has 1 aromatic rings. The van der Waals surface area contributed by atoms with Crippen LogP contribution in [0, 0.1) is 5.92 Å². The van der Waals surface area contributed by atoms with E-state index in [4.69, 9.17) is 10.5 Å². The molecule has 130 valence electrons. The molecule has 3 N–H and O–H groups in total. The minimum absolute atomic E-state index is 0.0253. The Kier molecular flexibility index (Phi) is 5.48. The van der Waals surface area contributed by atoms with Crippen LogP contribution in [0.4, 0.5) is 5.69 Å². The lowest BCUT2D eigenvalue weighted by molar-refractivity contribution is -0.119. The number of likely N-dealkylation sites (tertiary alicyclic amines) is 1. The maximum absolute atomic E-state index is 12.4. The zero-order valence-corrected chi connectivity index (χ0v) is 13.9. The van der Waals surface area contributed by atoms with Gasteiger partial charge in [-0.25, -0.2) is 0 Å². The van der Waals surface area contributed by atoms with Crippen molar-refractivity contribution in [3.8, 4) is 0 Å². The monoisotopic (exact) mass is 331 g/mol. The summed E-state index contributed by atoms with van der Waals surface area (Å²) >= 11 is 0. The van der Waals surface area contributed by atoms with Gasteiger partial charge < -0.3 is 20.7 Å². The van der Waals surface area contributed by atoms with Crippen molar-refractivity contribution in [2.75, 3.05) is 31.6 Å². The lowest BCUT2D eigenvalue weighted by Crippen LogP contribution is -2.44. The predicted molar refractivity (Wildman–Crippen MR) is 91.7 cm³/mol. The van der Waals surface area contributed by atoms with Crippen molar-refractivity contribution >= 4 is 17.5 Å². The Labute approximate surface area is 142 Å². The average Bonchev–Trinajstić information content (AvgIpc) is 3.16. The van der Waals surface area contributed by atoms with Gasteiger partial charge in [-0.1, -0.05) is 6.07 Å². The lowest BCUT2D eigenvalue weighted by Gasteiger charge is -2.26. The zero-order chi connectivity index (χ0) is 16.9. The van der Waals surface area contributed by atoms with Gasteiger partial charge in [0.15, 0.2) is 0 Å². The molecular weight excluding hydrogens is 306 g/mol. The second kappa shape index (κ2) is 7.77. The van der Waals surface area contributed by atoms with Crippen LogP contribution in [0.25, 0.3) is 0 Å². The summed E-state index contributed by atoms with van der Waals surface area (Å²) in [6.45, 7) is 2.94. The molecule has 2 aliphatic heterocycles. The van der Waals surface area contributed by atoms with Crippen LogP contribution in [-0.4, -0.2) is 49.1 Å². The fraction of sp³-hybridized carbons (Fsp3) is 0.556. The molecule has 1 aromatic carbocycles. The molecule has 6 heteroatoms. The van der Waals surface area contributed by atoms with E-state index >= 15 is 0 Å². The van der Waals surface area contributed by atoms with Crippen molar-refractivity contribution in [1.82, 2.24) is 4.90 Å². The minimum Gasteiger partial charge on any atom is -0.381 e. The topological polar surface area (TPSA) is 84.7 Å². The van der Waals surface area contributed by atoms with E-state index in [0.29, 0.717) is 24.5 Å². The smallest absolute Gasteiger partial charge is 0.253 e. The fourth-order valence-corrected chi connectivity index (χ4v) is 3.35. The molecule has 1 atom stereocenters. The van der Waals surface area contributed by atoms with Gasteiger partial charge in [0.2, 0.25) is 5.91 Å². The van der Waals surface area contributed by atoms with Gasteiger partial charge in [0, 0.05) is 37.6 Å². The van der Waals surface area contributed by atoms with Gasteiger partial charge in [0.1, 0.15) is 0 Å². The maximum atomic E-state index is 12.4. The number of benzene rings is 1. The van der Waals surface area contributed by atoms with Crippen LogP contribution in [0.2, 0.25) is 0 Å². The molecule has 0 bridgehead atoms. The van der Waals surface area contributed by atoms with Crippen molar-refractivity contribution in [2.24, 2.45) is 11.7 Å². The normalized spacial score (nSPS) is 20.0. The first-order valence-electron chi connectivity index (χ1n) is 8.68. The van der Waals surface area contributed by atoms with Crippen LogP contribution in [0.15, 0.2) is 24.3 Å². The van der Waals surface area contributed by atoms with E-state index in [1.54, 1.807) is 24.3 Å². The highest BCUT2D eigenvalue weighted by atomic mass is 16.5. The molecule has 6 nitrogen and oxygen atoms in total. The van der Waals surface area contributed by atoms with Crippen molar-refractivity contribution in [2.45, 2.75) is 31.7 Å². The van der Waals surface area contributed by atoms with Crippen LogP contribution in [0.3, 0.4) is 0 Å². The third kappa shape index (κ3) is 3.94. The number of nitrogens with zero attached hydrogens (tertiary/aromatic N) is 1. The Balaban J connectivity index is 1.63. The molecule has 2 heterocycles. The van der Waals surface area contributed by atoms with E-state index in [0.717, 1.165) is 38.8 Å². The molecule has 0 aromatic heterocycles. The molecular formula is C18H25N3O3. The summed E-state index contributed by atoms with van der Waals surface area (Å²) in [7, 11) is 0. The Morgan fingerprint density at radius 2 is 1.92 bits per heavy atom. The zero-order valence-electron chi connectivity index (χ0n) is 13.9. The summed E-state index contributed by atoms with van der Waals surface area (Å²) in [5.41, 5.74) is 7.32. The molecule has 0 radical (unpaired) electrons. The number of ether oxygens (including phenoxy) is 1. The van der Waals surface area contributed by atoms with Gasteiger partial charge in [0.05, 0.1) is 6.04 Å². The summed E-state index contributed by atoms with van der Waals surface area (Å²) < 4.78 is 5.31. The average molecular weight is 331 g/mol. The molecule has 0 saturated carbocycles. The number of amides is 2. The first-order chi connectivity index (χ1) is 11.6. The second-order valence-electron chi connectivity index (χ2n) is 6.54. The maximum Gasteiger partial charge on any atom is 0.253 e. The Hall–Kier alpha value is -1.92. The number of hydrogen-bond donors (Lipinski definition) is 2. The lowest BCUT2D eigenvalue weighted by atomic mass is 9.92. The van der Waals surface area contributed by atoms with Crippen molar-refractivity contribution < 1.29 is 14.3 Å². The molecule has 0 spiro atoms. The van der Waals surface area contributed by atoms with Crippen LogP contribution in [0.1, 0.15) is 36.0 Å². The first-order valence-corrected chi connectivity index (χ1v) is 8.68. The van der Waals surface area contributed by atoms with Gasteiger partial charge in [0.25, 0.3) is 5.91 Å². The van der Waals surface area contributed by atoms with E-state index in [2.05, 4.69) is 5.32 Å². The molecule has 24 heavy (non-hydrogen) atoms. The number of carbonyl (C=O) groups is 2. The highest BCUT2D eigenvalue weighted by Crippen LogP contribution is 2.20. The summed E-state index contributed by atoms with van der Waals surface area (Å²) in [4.78, 5) is 26.7. The summed E-state index contributed by atoms with van der Waals surface area (Å²) in [5, 5.41) is 2.85. The van der Waals surface area contributed by atoms with E-state index in [-0.39, 0.29) is 17.7 Å². The van der Waals surface area contributed by atoms with E-state index in [1.165, 1.54) is 0 Å². The van der Waals surface area contributed by atoms with Gasteiger partial charge in [-0.3, -0.25) is 9.59 Å². The molecule has 2 aliphatic rings. The van der Waals surface area contributed by atoms with Gasteiger partial charge in [-0.15, -0.1) is 0 Å². The quantitative estimate of drug-likeness (QED) is 0.878. The minimum atomic E-state index is -0.549. The molecule has 0 aliphatic carbocycles. The van der Waals surface area contributed by atoms with Crippen molar-refractivity contribution in [3.05, 3.63) is 29.8 Å². The largest absolute Gasteiger partial charge is 0.381 e. The predicted octanol–water partition coefficient (Wildman–Crippen LogP) is 1.61. The number of rotatable bonds is 4. The Bertz CT molecular complexity index is 593. The van der Waals surface area contributed by atoms with Crippen molar-refractivity contribution in [3.63, 3.8) is 0 Å². The number of nitrogens with one attached hydrogen (secondary N) is 1. The van der Waals surface area contributed by atoms with Gasteiger partial charge in [-0.05, 0) is 49.8 Å². The van der Waals surface area contributed by atoms with Crippen LogP contribution in [0.5, 0.6) is 0 Å². The fourth-order valence-electron chi connectivity index (χ4n) is 3.35. The molecule has 2 saturated heterocycles. The molecule has 2 fully saturated rings. The van der Waals surface area contributed by atoms with Crippen LogP contribution < -0.4 is 11.1 Å². The number of nitrogens with two attached hydrogens (primary N) is 1. The Morgan fingerprint density at radius 3 is 2.62 bits per heavy atom. The number of anilines is 1. The summed E-state index contributed by atoms with van der Waals surface area (Å²) in [5.74, 6) is -0.0295. The molecule has 1 unspecified atom stereocenters. The second-order valence-corrected chi connectivity index (χ2v) is 6.54. The highest BCUT2D eigenvalue weighted by molar-refractivity contribution is 5.98. The van der Waals surface area contributed by atoms with Crippen LogP contribution >= 0.6 is 0 Å². The molecule has 2 amide bonds. The van der Waals surface area contributed by atoms with Gasteiger partial charge >= 0.3 is 0 Å². The number of hydrogen-bond acceptors (Lipinski definition) is 4. The Morgan fingerprint density at radius 1 is 1.21 bits per heavy atom. The standard InChI is InChI=1S/C18H25N3O3/c19-16(13-6-10-24-11-7-13)17(22)20-15-5-3-4-14(12-15)18(23)21-8-1-2-9-21/h3-5,12-13,16H,1-2,6-11,19H2,(H,20,22). The third-order valence-electron chi connectivity index (χ3n) is 4.85. The molecule has 3 rings (SSSR count). The van der Waals surface area contributed by atoms with Gasteiger partial charge in [-0.2, -0.15) is 0 Å². The van der Waals surface area contributed by atoms with Crippen molar-refractivity contribution in [1.29, 1.82) is 0 Å². The summed E-state index contributed by atoms with van der Waals surface area (Å²) in [6, 6.07) is 6.55.